The molecule has 6 nitrogen and oxygen atoms in total. The quantitative estimate of drug-likeness (QED) is 0.708. The van der Waals surface area contributed by atoms with Crippen molar-refractivity contribution < 1.29 is 9.32 Å². The first-order valence-electron chi connectivity index (χ1n) is 7.19. The van der Waals surface area contributed by atoms with Crippen LogP contribution in [-0.4, -0.2) is 36.2 Å². The lowest BCUT2D eigenvalue weighted by atomic mass is 10.2. The van der Waals surface area contributed by atoms with Crippen molar-refractivity contribution in [2.45, 2.75) is 19.3 Å². The minimum Gasteiger partial charge on any atom is -0.356 e. The second kappa shape index (κ2) is 10.2. The highest BCUT2D eigenvalue weighted by atomic mass is 35.5. The molecule has 0 aliphatic heterocycles. The van der Waals surface area contributed by atoms with Gasteiger partial charge in [-0.15, -0.1) is 12.4 Å². The summed E-state index contributed by atoms with van der Waals surface area (Å²) in [7, 11) is 1.87. The number of aromatic nitrogens is 2. The highest BCUT2D eigenvalue weighted by Crippen LogP contribution is 2.18. The Morgan fingerprint density at radius 1 is 1.26 bits per heavy atom. The number of carbonyl (C=O) groups excluding carboxylic acids is 1. The number of carbonyl (C=O) groups is 1. The summed E-state index contributed by atoms with van der Waals surface area (Å²) in [5, 5.41) is 10.4. The summed E-state index contributed by atoms with van der Waals surface area (Å²) in [4.78, 5) is 15.8. The fraction of sp³-hybridized carbons (Fsp3) is 0.400. The number of rotatable bonds is 8. The van der Waals surface area contributed by atoms with Crippen LogP contribution in [0.1, 0.15) is 18.7 Å². The molecule has 2 N–H and O–H groups in total. The molecule has 0 radical (unpaired) electrons. The van der Waals surface area contributed by atoms with Gasteiger partial charge in [0.2, 0.25) is 17.6 Å². The van der Waals surface area contributed by atoms with Crippen molar-refractivity contribution in [1.29, 1.82) is 0 Å². The van der Waals surface area contributed by atoms with E-state index in [1.54, 1.807) is 12.1 Å². The molecule has 8 heteroatoms. The average molecular weight is 359 g/mol. The second-order valence-electron chi connectivity index (χ2n) is 4.83. The smallest absolute Gasteiger partial charge is 0.228 e. The van der Waals surface area contributed by atoms with Crippen LogP contribution in [0, 0.1) is 0 Å². The van der Waals surface area contributed by atoms with Crippen LogP contribution in [0.15, 0.2) is 28.8 Å². The van der Waals surface area contributed by atoms with Gasteiger partial charge in [0.1, 0.15) is 0 Å². The summed E-state index contributed by atoms with van der Waals surface area (Å²) in [5.74, 6) is 1.06. The van der Waals surface area contributed by atoms with E-state index in [9.17, 15) is 4.79 Å². The molecular formula is C15H20Cl2N4O2. The Hall–Kier alpha value is -1.63. The van der Waals surface area contributed by atoms with Gasteiger partial charge in [-0.25, -0.2) is 0 Å². The highest BCUT2D eigenvalue weighted by Gasteiger charge is 2.09. The highest BCUT2D eigenvalue weighted by molar-refractivity contribution is 6.30. The van der Waals surface area contributed by atoms with Crippen LogP contribution in [0.5, 0.6) is 0 Å². The molecule has 0 saturated heterocycles. The summed E-state index contributed by atoms with van der Waals surface area (Å²) in [6.45, 7) is 1.32. The van der Waals surface area contributed by atoms with E-state index in [2.05, 4.69) is 20.8 Å². The first-order valence-corrected chi connectivity index (χ1v) is 7.56. The van der Waals surface area contributed by atoms with Gasteiger partial charge in [-0.05, 0) is 44.3 Å². The molecule has 0 aliphatic carbocycles. The van der Waals surface area contributed by atoms with Crippen molar-refractivity contribution in [2.75, 3.05) is 20.1 Å². The molecule has 0 spiro atoms. The molecule has 1 aromatic heterocycles. The molecule has 126 valence electrons. The number of halogens is 2. The number of amides is 1. The van der Waals surface area contributed by atoms with Crippen molar-refractivity contribution in [1.82, 2.24) is 20.8 Å². The van der Waals surface area contributed by atoms with Crippen LogP contribution >= 0.6 is 24.0 Å². The van der Waals surface area contributed by atoms with Gasteiger partial charge in [0.05, 0.1) is 0 Å². The Kier molecular flexibility index (Phi) is 8.61. The zero-order valence-corrected chi connectivity index (χ0v) is 14.4. The molecular weight excluding hydrogens is 339 g/mol. The Morgan fingerprint density at radius 2 is 2.00 bits per heavy atom. The molecule has 0 fully saturated rings. The first kappa shape index (κ1) is 19.4. The molecule has 0 saturated carbocycles. The fourth-order valence-corrected chi connectivity index (χ4v) is 2.02. The predicted octanol–water partition coefficient (Wildman–Crippen LogP) is 2.47. The number of hydrogen-bond acceptors (Lipinski definition) is 5. The maximum Gasteiger partial charge on any atom is 0.228 e. The van der Waals surface area contributed by atoms with E-state index in [0.717, 1.165) is 18.5 Å². The van der Waals surface area contributed by atoms with Gasteiger partial charge in [-0.3, -0.25) is 4.79 Å². The summed E-state index contributed by atoms with van der Waals surface area (Å²) in [6.07, 6.45) is 1.85. The molecule has 0 bridgehead atoms. The van der Waals surface area contributed by atoms with E-state index in [0.29, 0.717) is 36.1 Å². The van der Waals surface area contributed by atoms with Crippen LogP contribution in [0.4, 0.5) is 0 Å². The normalized spacial score (nSPS) is 10.2. The number of benzene rings is 1. The van der Waals surface area contributed by atoms with Gasteiger partial charge in [0.25, 0.3) is 0 Å². The van der Waals surface area contributed by atoms with Crippen LogP contribution in [-0.2, 0) is 11.2 Å². The number of nitrogens with one attached hydrogen (secondary N) is 2. The lowest BCUT2D eigenvalue weighted by molar-refractivity contribution is -0.121. The minimum atomic E-state index is 0. The van der Waals surface area contributed by atoms with Gasteiger partial charge in [0.15, 0.2) is 0 Å². The third-order valence-corrected chi connectivity index (χ3v) is 3.31. The zero-order chi connectivity index (χ0) is 15.8. The van der Waals surface area contributed by atoms with Crippen LogP contribution in [0.2, 0.25) is 5.02 Å². The van der Waals surface area contributed by atoms with Crippen molar-refractivity contribution in [3.05, 3.63) is 35.2 Å². The SMILES string of the molecule is CNCCCC(=O)NCCc1nc(-c2ccc(Cl)cc2)no1.Cl. The summed E-state index contributed by atoms with van der Waals surface area (Å²) in [6, 6.07) is 7.22. The maximum absolute atomic E-state index is 11.5. The molecule has 2 aromatic rings. The Morgan fingerprint density at radius 3 is 2.70 bits per heavy atom. The Bertz CT molecular complexity index is 602. The van der Waals surface area contributed by atoms with Crippen molar-refractivity contribution in [2.24, 2.45) is 0 Å². The van der Waals surface area contributed by atoms with E-state index >= 15 is 0 Å². The predicted molar refractivity (Wildman–Crippen MR) is 91.9 cm³/mol. The van der Waals surface area contributed by atoms with Crippen molar-refractivity contribution >= 4 is 29.9 Å². The molecule has 23 heavy (non-hydrogen) atoms. The van der Waals surface area contributed by atoms with Crippen LogP contribution < -0.4 is 10.6 Å². The van der Waals surface area contributed by atoms with Gasteiger partial charge < -0.3 is 15.2 Å². The van der Waals surface area contributed by atoms with E-state index in [1.165, 1.54) is 0 Å². The Balaban J connectivity index is 0.00000264. The topological polar surface area (TPSA) is 80.0 Å². The third kappa shape index (κ3) is 6.56. The average Bonchev–Trinajstić information content (AvgIpc) is 2.97. The van der Waals surface area contributed by atoms with Crippen LogP contribution in [0.3, 0.4) is 0 Å². The van der Waals surface area contributed by atoms with Gasteiger partial charge in [0, 0.05) is 30.0 Å². The largest absolute Gasteiger partial charge is 0.356 e. The summed E-state index contributed by atoms with van der Waals surface area (Å²) < 4.78 is 5.17. The zero-order valence-electron chi connectivity index (χ0n) is 12.8. The van der Waals surface area contributed by atoms with Crippen molar-refractivity contribution in [3.63, 3.8) is 0 Å². The van der Waals surface area contributed by atoms with E-state index in [-0.39, 0.29) is 18.3 Å². The monoisotopic (exact) mass is 358 g/mol. The lowest BCUT2D eigenvalue weighted by Gasteiger charge is -2.02. The molecule has 0 unspecified atom stereocenters. The molecule has 0 atom stereocenters. The summed E-state index contributed by atoms with van der Waals surface area (Å²) >= 11 is 5.84. The van der Waals surface area contributed by atoms with E-state index in [4.69, 9.17) is 16.1 Å². The van der Waals surface area contributed by atoms with Crippen LogP contribution in [0.25, 0.3) is 11.4 Å². The first-order chi connectivity index (χ1) is 10.7. The standard InChI is InChI=1S/C15H19ClN4O2.ClH/c1-17-9-2-3-13(21)18-10-8-14-19-15(20-22-14)11-4-6-12(16)7-5-11;/h4-7,17H,2-3,8-10H2,1H3,(H,18,21);1H. The maximum atomic E-state index is 11.5. The number of hydrogen-bond donors (Lipinski definition) is 2. The van der Waals surface area contributed by atoms with Gasteiger partial charge in [-0.1, -0.05) is 16.8 Å². The Labute approximate surface area is 146 Å². The third-order valence-electron chi connectivity index (χ3n) is 3.06. The van der Waals surface area contributed by atoms with E-state index < -0.39 is 0 Å². The minimum absolute atomic E-state index is 0. The molecule has 1 amide bonds. The molecule has 1 heterocycles. The summed E-state index contributed by atoms with van der Waals surface area (Å²) in [5.41, 5.74) is 0.843. The lowest BCUT2D eigenvalue weighted by Crippen LogP contribution is -2.26. The number of nitrogens with zero attached hydrogens (tertiary/aromatic N) is 2. The molecule has 0 aliphatic rings. The molecule has 1 aromatic carbocycles. The molecule has 2 rings (SSSR count). The van der Waals surface area contributed by atoms with E-state index in [1.807, 2.05) is 19.2 Å². The fourth-order valence-electron chi connectivity index (χ4n) is 1.90. The van der Waals surface area contributed by atoms with Gasteiger partial charge >= 0.3 is 0 Å². The van der Waals surface area contributed by atoms with Crippen molar-refractivity contribution in [3.8, 4) is 11.4 Å². The second-order valence-corrected chi connectivity index (χ2v) is 5.26. The van der Waals surface area contributed by atoms with Gasteiger partial charge in [-0.2, -0.15) is 4.98 Å².